The number of rotatable bonds is 6. The molecule has 1 heterocycles. The highest BCUT2D eigenvalue weighted by Gasteiger charge is 2.24. The van der Waals surface area contributed by atoms with E-state index in [1.807, 2.05) is 78.9 Å². The van der Waals surface area contributed by atoms with E-state index in [0.717, 1.165) is 34.5 Å². The molecule has 31 heavy (non-hydrogen) atoms. The Morgan fingerprint density at radius 3 is 2.68 bits per heavy atom. The van der Waals surface area contributed by atoms with Crippen molar-refractivity contribution in [2.24, 2.45) is 4.99 Å². The number of thioether (sulfide) groups is 1. The molecule has 1 amide bonds. The van der Waals surface area contributed by atoms with Crippen LogP contribution in [0.15, 0.2) is 82.7 Å². The molecule has 4 rings (SSSR count). The number of nitrogens with zero attached hydrogens (tertiary/aromatic N) is 1. The van der Waals surface area contributed by atoms with Crippen LogP contribution < -0.4 is 10.1 Å². The number of nitrogens with one attached hydrogen (secondary N) is 1. The van der Waals surface area contributed by atoms with Crippen molar-refractivity contribution in [3.05, 3.63) is 99.4 Å². The quantitative estimate of drug-likeness (QED) is 0.445. The van der Waals surface area contributed by atoms with Crippen molar-refractivity contribution in [2.45, 2.75) is 20.0 Å². The number of aryl methyl sites for hydroxylation is 1. The number of hydrogen-bond acceptors (Lipinski definition) is 4. The first-order valence-corrected chi connectivity index (χ1v) is 11.1. The number of aliphatic imine (C=N–C) groups is 1. The Kier molecular flexibility index (Phi) is 6.75. The van der Waals surface area contributed by atoms with Crippen molar-refractivity contribution in [3.63, 3.8) is 0 Å². The SMILES string of the molecule is CCc1ccccc1N=C1NC(=O)/C(=C/c2cccc(OCc3ccc(Cl)cc3)c2)S1. The van der Waals surface area contributed by atoms with E-state index in [2.05, 4.69) is 17.2 Å². The van der Waals surface area contributed by atoms with Gasteiger partial charge in [-0.3, -0.25) is 4.79 Å². The van der Waals surface area contributed by atoms with Gasteiger partial charge >= 0.3 is 0 Å². The van der Waals surface area contributed by atoms with Gasteiger partial charge in [0.2, 0.25) is 0 Å². The molecule has 1 saturated heterocycles. The predicted molar refractivity (Wildman–Crippen MR) is 129 cm³/mol. The highest BCUT2D eigenvalue weighted by molar-refractivity contribution is 8.18. The maximum Gasteiger partial charge on any atom is 0.264 e. The minimum Gasteiger partial charge on any atom is -0.489 e. The standard InChI is InChI=1S/C25H21ClN2O2S/c1-2-19-7-3-4-9-22(19)27-25-28-24(29)23(31-25)15-18-6-5-8-21(14-18)30-16-17-10-12-20(26)13-11-17/h3-15H,2,16H2,1H3,(H,27,28,29)/b23-15-. The Bertz CT molecular complexity index is 1160. The molecular weight excluding hydrogens is 428 g/mol. The first kappa shape index (κ1) is 21.2. The van der Waals surface area contributed by atoms with Crippen LogP contribution in [-0.2, 0) is 17.8 Å². The second-order valence-electron chi connectivity index (χ2n) is 6.95. The number of amidine groups is 1. The number of para-hydroxylation sites is 1. The lowest BCUT2D eigenvalue weighted by molar-refractivity contribution is -0.115. The summed E-state index contributed by atoms with van der Waals surface area (Å²) in [6.07, 6.45) is 2.74. The van der Waals surface area contributed by atoms with Gasteiger partial charge in [0.25, 0.3) is 5.91 Å². The van der Waals surface area contributed by atoms with Crippen LogP contribution in [0.2, 0.25) is 5.02 Å². The molecule has 3 aromatic rings. The maximum atomic E-state index is 12.4. The Morgan fingerprint density at radius 1 is 1.06 bits per heavy atom. The molecule has 1 aliphatic heterocycles. The third-order valence-corrected chi connectivity index (χ3v) is 5.88. The van der Waals surface area contributed by atoms with E-state index < -0.39 is 0 Å². The molecule has 0 saturated carbocycles. The van der Waals surface area contributed by atoms with Crippen molar-refractivity contribution in [1.29, 1.82) is 0 Å². The van der Waals surface area contributed by atoms with Crippen LogP contribution in [0.4, 0.5) is 5.69 Å². The molecule has 1 aliphatic rings. The topological polar surface area (TPSA) is 50.7 Å². The van der Waals surface area contributed by atoms with Gasteiger partial charge in [-0.25, -0.2) is 4.99 Å². The molecule has 156 valence electrons. The zero-order valence-corrected chi connectivity index (χ0v) is 18.5. The summed E-state index contributed by atoms with van der Waals surface area (Å²) in [6.45, 7) is 2.53. The lowest BCUT2D eigenvalue weighted by Crippen LogP contribution is -2.19. The summed E-state index contributed by atoms with van der Waals surface area (Å²) in [6, 6.07) is 23.2. The Balaban J connectivity index is 1.47. The van der Waals surface area contributed by atoms with Crippen molar-refractivity contribution in [1.82, 2.24) is 5.32 Å². The lowest BCUT2D eigenvalue weighted by Gasteiger charge is -2.07. The first-order chi connectivity index (χ1) is 15.1. The number of halogens is 1. The van der Waals surface area contributed by atoms with Crippen LogP contribution in [-0.4, -0.2) is 11.1 Å². The summed E-state index contributed by atoms with van der Waals surface area (Å²) < 4.78 is 5.89. The summed E-state index contributed by atoms with van der Waals surface area (Å²) in [5, 5.41) is 4.14. The molecule has 0 bridgehead atoms. The minimum atomic E-state index is -0.148. The minimum absolute atomic E-state index is 0.148. The molecule has 4 nitrogen and oxygen atoms in total. The zero-order valence-electron chi connectivity index (χ0n) is 17.0. The third kappa shape index (κ3) is 5.57. The van der Waals surface area contributed by atoms with E-state index in [1.165, 1.54) is 11.8 Å². The van der Waals surface area contributed by atoms with E-state index in [9.17, 15) is 4.79 Å². The van der Waals surface area contributed by atoms with Crippen molar-refractivity contribution in [3.8, 4) is 5.75 Å². The van der Waals surface area contributed by atoms with Gasteiger partial charge < -0.3 is 10.1 Å². The van der Waals surface area contributed by atoms with Crippen LogP contribution in [0.3, 0.4) is 0 Å². The van der Waals surface area contributed by atoms with Gasteiger partial charge in [-0.1, -0.05) is 61.0 Å². The second kappa shape index (κ2) is 9.86. The number of carbonyl (C=O) groups is 1. The van der Waals surface area contributed by atoms with Crippen LogP contribution in [0, 0.1) is 0 Å². The highest BCUT2D eigenvalue weighted by atomic mass is 35.5. The molecule has 0 atom stereocenters. The summed E-state index contributed by atoms with van der Waals surface area (Å²) in [5.74, 6) is 0.587. The van der Waals surface area contributed by atoms with Gasteiger partial charge in [0, 0.05) is 5.02 Å². The summed E-state index contributed by atoms with van der Waals surface area (Å²) in [5.41, 5.74) is 3.95. The van der Waals surface area contributed by atoms with E-state index in [4.69, 9.17) is 16.3 Å². The average molecular weight is 449 g/mol. The van der Waals surface area contributed by atoms with Gasteiger partial charge in [-0.2, -0.15) is 0 Å². The molecular formula is C25H21ClN2O2S. The fraction of sp³-hybridized carbons (Fsp3) is 0.120. The van der Waals surface area contributed by atoms with Gasteiger partial charge in [0.05, 0.1) is 10.6 Å². The highest BCUT2D eigenvalue weighted by Crippen LogP contribution is 2.30. The van der Waals surface area contributed by atoms with Crippen molar-refractivity contribution < 1.29 is 9.53 Å². The zero-order chi connectivity index (χ0) is 21.6. The number of ether oxygens (including phenoxy) is 1. The van der Waals surface area contributed by atoms with Crippen molar-refractivity contribution >= 4 is 46.2 Å². The summed E-state index contributed by atoms with van der Waals surface area (Å²) in [4.78, 5) is 17.7. The van der Waals surface area contributed by atoms with E-state index >= 15 is 0 Å². The van der Waals surface area contributed by atoms with Crippen LogP contribution >= 0.6 is 23.4 Å². The molecule has 1 N–H and O–H groups in total. The molecule has 0 aliphatic carbocycles. The van der Waals surface area contributed by atoms with Crippen LogP contribution in [0.5, 0.6) is 5.75 Å². The smallest absolute Gasteiger partial charge is 0.264 e. The number of hydrogen-bond donors (Lipinski definition) is 1. The monoisotopic (exact) mass is 448 g/mol. The Labute approximate surface area is 191 Å². The molecule has 0 unspecified atom stereocenters. The molecule has 3 aromatic carbocycles. The van der Waals surface area contributed by atoms with E-state index in [0.29, 0.717) is 21.7 Å². The first-order valence-electron chi connectivity index (χ1n) is 9.95. The number of amides is 1. The Morgan fingerprint density at radius 2 is 1.87 bits per heavy atom. The third-order valence-electron chi connectivity index (χ3n) is 4.72. The average Bonchev–Trinajstić information content (AvgIpc) is 3.12. The molecule has 6 heteroatoms. The van der Waals surface area contributed by atoms with Gasteiger partial charge in [-0.15, -0.1) is 0 Å². The van der Waals surface area contributed by atoms with Crippen molar-refractivity contribution in [2.75, 3.05) is 0 Å². The van der Waals surface area contributed by atoms with Crippen LogP contribution in [0.1, 0.15) is 23.6 Å². The Hall–Kier alpha value is -3.02. The van der Waals surface area contributed by atoms with Gasteiger partial charge in [0.15, 0.2) is 5.17 Å². The van der Waals surface area contributed by atoms with E-state index in [-0.39, 0.29) is 5.91 Å². The van der Waals surface area contributed by atoms with Gasteiger partial charge in [-0.05, 0) is 71.3 Å². The normalized spacial score (nSPS) is 16.0. The second-order valence-corrected chi connectivity index (χ2v) is 8.42. The fourth-order valence-electron chi connectivity index (χ4n) is 3.10. The summed E-state index contributed by atoms with van der Waals surface area (Å²) >= 11 is 7.26. The molecule has 0 radical (unpaired) electrons. The number of carbonyl (C=O) groups excluding carboxylic acids is 1. The summed E-state index contributed by atoms with van der Waals surface area (Å²) in [7, 11) is 0. The van der Waals surface area contributed by atoms with Gasteiger partial charge in [0.1, 0.15) is 12.4 Å². The number of benzene rings is 3. The van der Waals surface area contributed by atoms with E-state index in [1.54, 1.807) is 0 Å². The maximum absolute atomic E-state index is 12.4. The van der Waals surface area contributed by atoms with Crippen LogP contribution in [0.25, 0.3) is 6.08 Å². The molecule has 0 spiro atoms. The molecule has 0 aromatic heterocycles. The predicted octanol–water partition coefficient (Wildman–Crippen LogP) is 6.37. The largest absolute Gasteiger partial charge is 0.489 e. The lowest BCUT2D eigenvalue weighted by atomic mass is 10.1. The fourth-order valence-corrected chi connectivity index (χ4v) is 4.06. The molecule has 1 fully saturated rings.